The van der Waals surface area contributed by atoms with E-state index in [4.69, 9.17) is 42.4 Å². The number of nitrogens with one attached hydrogen (secondary N) is 1. The molecule has 256 valence electrons. The molecule has 0 bridgehead atoms. The molecule has 0 radical (unpaired) electrons. The van der Waals surface area contributed by atoms with E-state index in [1.165, 1.54) is 26.4 Å². The molecule has 2 aliphatic heterocycles. The fraction of sp³-hybridized carbons (Fsp3) is 0.441. The number of ether oxygens (including phenoxy) is 3. The number of ketones is 1. The summed E-state index contributed by atoms with van der Waals surface area (Å²) in [7, 11) is 4.94. The molecule has 5 rings (SSSR count). The number of halogens is 2. The number of amides is 1. The minimum atomic E-state index is -0.376. The second-order valence-electron chi connectivity index (χ2n) is 11.9. The first-order chi connectivity index (χ1) is 23.1. The van der Waals surface area contributed by atoms with Gasteiger partial charge >= 0.3 is 0 Å². The fourth-order valence-electron chi connectivity index (χ4n) is 6.30. The van der Waals surface area contributed by atoms with Crippen molar-refractivity contribution in [2.24, 2.45) is 5.92 Å². The van der Waals surface area contributed by atoms with Crippen molar-refractivity contribution in [1.29, 1.82) is 0 Å². The van der Waals surface area contributed by atoms with E-state index in [2.05, 4.69) is 28.4 Å². The summed E-state index contributed by atoms with van der Waals surface area (Å²) >= 11 is 13.6. The Morgan fingerprint density at radius 3 is 2.52 bits per heavy atom. The predicted octanol–water partition coefficient (Wildman–Crippen LogP) is 4.46. The first kappa shape index (κ1) is 35.3. The molecule has 48 heavy (non-hydrogen) atoms. The molecule has 1 aromatic carbocycles. The number of piperazine rings is 1. The Kier molecular flexibility index (Phi) is 11.4. The Morgan fingerprint density at radius 1 is 1.12 bits per heavy atom. The van der Waals surface area contributed by atoms with Gasteiger partial charge in [-0.3, -0.25) is 23.9 Å². The summed E-state index contributed by atoms with van der Waals surface area (Å²) in [4.78, 5) is 52.5. The Bertz CT molecular complexity index is 1750. The molecule has 3 unspecified atom stereocenters. The van der Waals surface area contributed by atoms with Crippen LogP contribution in [-0.4, -0.2) is 102 Å². The lowest BCUT2D eigenvalue weighted by Crippen LogP contribution is -2.53. The highest BCUT2D eigenvalue weighted by molar-refractivity contribution is 6.41. The van der Waals surface area contributed by atoms with Crippen molar-refractivity contribution < 1.29 is 23.8 Å². The number of methoxy groups -OCH3 is 2. The van der Waals surface area contributed by atoms with Gasteiger partial charge in [-0.1, -0.05) is 36.4 Å². The van der Waals surface area contributed by atoms with Crippen LogP contribution in [0.15, 0.2) is 48.4 Å². The number of pyridine rings is 1. The van der Waals surface area contributed by atoms with Gasteiger partial charge in [-0.05, 0) is 44.0 Å². The number of carbonyl (C=O) groups is 2. The second kappa shape index (κ2) is 15.5. The lowest BCUT2D eigenvalue weighted by molar-refractivity contribution is -0.128. The van der Waals surface area contributed by atoms with Gasteiger partial charge in [0.25, 0.3) is 5.56 Å². The fourth-order valence-corrected chi connectivity index (χ4v) is 7.00. The quantitative estimate of drug-likeness (QED) is 0.271. The summed E-state index contributed by atoms with van der Waals surface area (Å²) < 4.78 is 18.2. The number of hydrogen-bond donors (Lipinski definition) is 1. The normalized spacial score (nSPS) is 19.9. The number of hydrogen-bond acceptors (Lipinski definition) is 10. The largest absolute Gasteiger partial charge is 0.495 e. The molecule has 2 saturated heterocycles. The number of benzene rings is 1. The van der Waals surface area contributed by atoms with Crippen LogP contribution >= 0.6 is 23.2 Å². The minimum absolute atomic E-state index is 0.00324. The molecule has 2 aromatic heterocycles. The third kappa shape index (κ3) is 7.36. The zero-order chi connectivity index (χ0) is 34.5. The van der Waals surface area contributed by atoms with E-state index >= 15 is 0 Å². The molecule has 1 N–H and O–H groups in total. The van der Waals surface area contributed by atoms with Crippen LogP contribution in [0.4, 0.5) is 5.95 Å². The van der Waals surface area contributed by atoms with Crippen molar-refractivity contribution in [3.8, 4) is 22.6 Å². The van der Waals surface area contributed by atoms with Gasteiger partial charge in [-0.2, -0.15) is 4.98 Å². The van der Waals surface area contributed by atoms with Crippen molar-refractivity contribution in [2.45, 2.75) is 37.9 Å². The highest BCUT2D eigenvalue weighted by Gasteiger charge is 2.30. The van der Waals surface area contributed by atoms with E-state index in [0.29, 0.717) is 80.6 Å². The average molecular weight is 700 g/mol. The number of aryl methyl sites for hydroxylation is 1. The van der Waals surface area contributed by atoms with Crippen LogP contribution in [0.2, 0.25) is 10.0 Å². The van der Waals surface area contributed by atoms with Gasteiger partial charge in [0.1, 0.15) is 17.1 Å². The molecule has 12 nitrogen and oxygen atoms in total. The van der Waals surface area contributed by atoms with E-state index in [1.54, 1.807) is 27.8 Å². The lowest BCUT2D eigenvalue weighted by atomic mass is 9.90. The maximum atomic E-state index is 14.5. The first-order valence-electron chi connectivity index (χ1n) is 15.7. The first-order valence-corrected chi connectivity index (χ1v) is 16.5. The summed E-state index contributed by atoms with van der Waals surface area (Å²) in [5.41, 5.74) is 0.516. The lowest BCUT2D eigenvalue weighted by Gasteiger charge is -2.39. The maximum Gasteiger partial charge on any atom is 0.260 e. The number of carbonyl (C=O) groups excluding carboxylic acids is 2. The van der Waals surface area contributed by atoms with Crippen LogP contribution in [0, 0.1) is 5.92 Å². The Balaban J connectivity index is 1.59. The van der Waals surface area contributed by atoms with E-state index < -0.39 is 0 Å². The topological polar surface area (TPSA) is 128 Å². The minimum Gasteiger partial charge on any atom is -0.495 e. The summed E-state index contributed by atoms with van der Waals surface area (Å²) in [5.74, 6) is 0.726. The SMILES string of the molecule is C=CC(=O)CC1CCOCC1Nc1ncc2cc(-c3c(Cl)c(OC)cc(OC)c3Cl)c(=O)n(CCC3CN(C(=O)C=C)CCN3C)c2n1. The van der Waals surface area contributed by atoms with Crippen LogP contribution in [0.25, 0.3) is 22.2 Å². The van der Waals surface area contributed by atoms with Crippen molar-refractivity contribution in [2.75, 3.05) is 59.4 Å². The average Bonchev–Trinajstić information content (AvgIpc) is 3.09. The molecular weight excluding hydrogens is 659 g/mol. The molecule has 0 spiro atoms. The number of allylic oxidation sites excluding steroid dienone is 1. The number of likely N-dealkylation sites (N-methyl/N-ethyl adjacent to an activating group) is 1. The summed E-state index contributed by atoms with van der Waals surface area (Å²) in [6.07, 6.45) is 5.85. The summed E-state index contributed by atoms with van der Waals surface area (Å²) in [5, 5.41) is 4.24. The Hall–Kier alpha value is -3.97. The van der Waals surface area contributed by atoms with Crippen molar-refractivity contribution in [3.05, 3.63) is 64.0 Å². The highest BCUT2D eigenvalue weighted by atomic mass is 35.5. The van der Waals surface area contributed by atoms with Gasteiger partial charge in [0, 0.05) is 68.5 Å². The Morgan fingerprint density at radius 2 is 1.85 bits per heavy atom. The van der Waals surface area contributed by atoms with E-state index in [-0.39, 0.29) is 63.0 Å². The number of fused-ring (bicyclic) bond motifs is 1. The zero-order valence-corrected chi connectivity index (χ0v) is 28.9. The van der Waals surface area contributed by atoms with Gasteiger partial charge in [0.05, 0.1) is 42.5 Å². The van der Waals surface area contributed by atoms with Gasteiger partial charge in [-0.15, -0.1) is 0 Å². The van der Waals surface area contributed by atoms with Crippen molar-refractivity contribution >= 4 is 51.9 Å². The zero-order valence-electron chi connectivity index (χ0n) is 27.3. The third-order valence-corrected chi connectivity index (χ3v) is 9.87. The van der Waals surface area contributed by atoms with Crippen molar-refractivity contribution in [3.63, 3.8) is 0 Å². The van der Waals surface area contributed by atoms with Crippen LogP contribution in [0.1, 0.15) is 19.3 Å². The standard InChI is InChI=1S/C34H40Cl2N6O6/c1-6-23(43)14-20-9-13-48-19-25(20)38-34-37-17-21-15-24(29-30(35)26(46-4)16-27(47-5)31(29)36)33(45)42(32(21)39-34)10-8-22-18-41(28(44)7-2)12-11-40(22)3/h6-7,15-17,20,22,25H,1-2,8-14,18-19H2,3-5H3,(H,37,38,39). The van der Waals surface area contributed by atoms with Crippen molar-refractivity contribution in [1.82, 2.24) is 24.3 Å². The Labute approximate surface area is 289 Å². The molecule has 2 aliphatic rings. The molecule has 14 heteroatoms. The van der Waals surface area contributed by atoms with Crippen LogP contribution in [0.5, 0.6) is 11.5 Å². The van der Waals surface area contributed by atoms with Crippen LogP contribution < -0.4 is 20.3 Å². The number of anilines is 1. The molecule has 4 heterocycles. The summed E-state index contributed by atoms with van der Waals surface area (Å²) in [6, 6.07) is 2.98. The van der Waals surface area contributed by atoms with Gasteiger partial charge < -0.3 is 24.4 Å². The molecule has 0 saturated carbocycles. The number of nitrogens with zero attached hydrogens (tertiary/aromatic N) is 5. The second-order valence-corrected chi connectivity index (χ2v) is 12.7. The van der Waals surface area contributed by atoms with E-state index in [0.717, 1.165) is 0 Å². The maximum absolute atomic E-state index is 14.5. The molecule has 3 atom stereocenters. The van der Waals surface area contributed by atoms with Crippen LogP contribution in [-0.2, 0) is 20.9 Å². The molecule has 3 aromatic rings. The number of rotatable bonds is 12. The monoisotopic (exact) mass is 698 g/mol. The number of aromatic nitrogens is 3. The van der Waals surface area contributed by atoms with Crippen LogP contribution in [0.3, 0.4) is 0 Å². The highest BCUT2D eigenvalue weighted by Crippen LogP contribution is 2.45. The molecular formula is C34H40Cl2N6O6. The van der Waals surface area contributed by atoms with Gasteiger partial charge in [0.15, 0.2) is 5.78 Å². The molecule has 2 fully saturated rings. The van der Waals surface area contributed by atoms with Gasteiger partial charge in [-0.25, -0.2) is 4.98 Å². The van der Waals surface area contributed by atoms with E-state index in [1.807, 2.05) is 7.05 Å². The molecule has 1 amide bonds. The summed E-state index contributed by atoms with van der Waals surface area (Å²) in [6.45, 7) is 10.2. The third-order valence-electron chi connectivity index (χ3n) is 9.12. The smallest absolute Gasteiger partial charge is 0.260 e. The van der Waals surface area contributed by atoms with E-state index in [9.17, 15) is 14.4 Å². The predicted molar refractivity (Wildman–Crippen MR) is 186 cm³/mol. The molecule has 0 aliphatic carbocycles. The van der Waals surface area contributed by atoms with Gasteiger partial charge in [0.2, 0.25) is 11.9 Å².